The Morgan fingerprint density at radius 2 is 1.82 bits per heavy atom. The molecular weight excluding hydrogens is 308 g/mol. The molecule has 0 bridgehead atoms. The minimum atomic E-state index is -3.69. The Balaban J connectivity index is 2.42. The maximum atomic E-state index is 12.2. The maximum absolute atomic E-state index is 12.2. The Bertz CT molecular complexity index is 601. The van der Waals surface area contributed by atoms with Gasteiger partial charge in [-0.25, -0.2) is 8.42 Å². The highest BCUT2D eigenvalue weighted by atomic mass is 32.2. The van der Waals surface area contributed by atoms with Gasteiger partial charge < -0.3 is 10.4 Å². The smallest absolute Gasteiger partial charge is 0.303 e. The Morgan fingerprint density at radius 3 is 2.41 bits per heavy atom. The van der Waals surface area contributed by atoms with Crippen LogP contribution < -0.4 is 5.32 Å². The van der Waals surface area contributed by atoms with E-state index >= 15 is 0 Å². The summed E-state index contributed by atoms with van der Waals surface area (Å²) in [6, 6.07) is 7.88. The molecule has 0 saturated heterocycles. The van der Waals surface area contributed by atoms with Gasteiger partial charge in [-0.2, -0.15) is 4.31 Å². The minimum Gasteiger partial charge on any atom is -0.481 e. The summed E-state index contributed by atoms with van der Waals surface area (Å²) in [4.78, 5) is 22.2. The Labute approximate surface area is 130 Å². The van der Waals surface area contributed by atoms with E-state index < -0.39 is 21.9 Å². The Morgan fingerprint density at radius 1 is 1.18 bits per heavy atom. The van der Waals surface area contributed by atoms with Crippen LogP contribution in [0.15, 0.2) is 35.2 Å². The van der Waals surface area contributed by atoms with E-state index in [2.05, 4.69) is 5.32 Å². The quantitative estimate of drug-likeness (QED) is 0.649. The summed E-state index contributed by atoms with van der Waals surface area (Å²) in [5.41, 5.74) is 0. The second kappa shape index (κ2) is 8.50. The zero-order valence-electron chi connectivity index (χ0n) is 12.4. The molecule has 1 aromatic rings. The molecule has 0 aliphatic heterocycles. The number of sulfonamides is 1. The number of likely N-dealkylation sites (N-methyl/N-ethyl adjacent to an activating group) is 1. The molecule has 1 rings (SSSR count). The summed E-state index contributed by atoms with van der Waals surface area (Å²) in [5, 5.41) is 11.1. The lowest BCUT2D eigenvalue weighted by Gasteiger charge is -2.16. The number of aliphatic carboxylic acids is 1. The van der Waals surface area contributed by atoms with Gasteiger partial charge in [-0.3, -0.25) is 9.59 Å². The number of carboxylic acids is 1. The highest BCUT2D eigenvalue weighted by molar-refractivity contribution is 7.89. The number of rotatable bonds is 9. The minimum absolute atomic E-state index is 0.0537. The Kier molecular flexibility index (Phi) is 7.00. The van der Waals surface area contributed by atoms with Gasteiger partial charge in [0, 0.05) is 20.0 Å². The lowest BCUT2D eigenvalue weighted by Crippen LogP contribution is -2.38. The van der Waals surface area contributed by atoms with Crippen LogP contribution in [0.25, 0.3) is 0 Å². The largest absolute Gasteiger partial charge is 0.481 e. The van der Waals surface area contributed by atoms with Crippen LogP contribution >= 0.6 is 0 Å². The van der Waals surface area contributed by atoms with Crippen molar-refractivity contribution in [3.63, 3.8) is 0 Å². The van der Waals surface area contributed by atoms with Crippen molar-refractivity contribution in [2.45, 2.75) is 24.2 Å². The molecule has 0 radical (unpaired) electrons. The molecule has 2 N–H and O–H groups in total. The van der Waals surface area contributed by atoms with Crippen LogP contribution in [0.3, 0.4) is 0 Å². The van der Waals surface area contributed by atoms with Crippen molar-refractivity contribution < 1.29 is 23.1 Å². The van der Waals surface area contributed by atoms with Crippen LogP contribution in [0.4, 0.5) is 0 Å². The van der Waals surface area contributed by atoms with Crippen molar-refractivity contribution in [2.24, 2.45) is 0 Å². The summed E-state index contributed by atoms with van der Waals surface area (Å²) >= 11 is 0. The molecule has 0 unspecified atom stereocenters. The fourth-order valence-electron chi connectivity index (χ4n) is 1.74. The third-order valence-corrected chi connectivity index (χ3v) is 4.77. The number of carbonyl (C=O) groups is 2. The summed E-state index contributed by atoms with van der Waals surface area (Å²) in [6.07, 6.45) is 1.05. The highest BCUT2D eigenvalue weighted by Crippen LogP contribution is 2.12. The predicted molar refractivity (Wildman–Crippen MR) is 80.8 cm³/mol. The average molecular weight is 328 g/mol. The monoisotopic (exact) mass is 328 g/mol. The first-order valence-electron chi connectivity index (χ1n) is 6.84. The SMILES string of the molecule is CN(CC(=O)NCCCCC(=O)O)S(=O)(=O)c1ccccc1. The molecule has 0 fully saturated rings. The maximum Gasteiger partial charge on any atom is 0.303 e. The van der Waals surface area contributed by atoms with E-state index in [-0.39, 0.29) is 17.9 Å². The highest BCUT2D eigenvalue weighted by Gasteiger charge is 2.22. The summed E-state index contributed by atoms with van der Waals surface area (Å²) in [5.74, 6) is -1.29. The van der Waals surface area contributed by atoms with Gasteiger partial charge in [-0.05, 0) is 25.0 Å². The van der Waals surface area contributed by atoms with Crippen LogP contribution in [-0.2, 0) is 19.6 Å². The van der Waals surface area contributed by atoms with Crippen molar-refractivity contribution in [3.05, 3.63) is 30.3 Å². The van der Waals surface area contributed by atoms with Crippen molar-refractivity contribution in [3.8, 4) is 0 Å². The summed E-state index contributed by atoms with van der Waals surface area (Å²) < 4.78 is 25.4. The molecule has 0 spiro atoms. The molecular formula is C14H20N2O5S. The number of carboxylic acid groups (broad SMARTS) is 1. The number of benzene rings is 1. The molecule has 0 aliphatic carbocycles. The number of carbonyl (C=O) groups excluding carboxylic acids is 1. The van der Waals surface area contributed by atoms with Crippen molar-refractivity contribution >= 4 is 21.9 Å². The van der Waals surface area contributed by atoms with Crippen molar-refractivity contribution in [1.82, 2.24) is 9.62 Å². The molecule has 1 aromatic carbocycles. The van der Waals surface area contributed by atoms with Crippen LogP contribution in [-0.4, -0.2) is 49.8 Å². The first-order chi connectivity index (χ1) is 10.3. The van der Waals surface area contributed by atoms with Crippen molar-refractivity contribution in [2.75, 3.05) is 20.1 Å². The molecule has 22 heavy (non-hydrogen) atoms. The number of hydrogen-bond donors (Lipinski definition) is 2. The van der Waals surface area contributed by atoms with E-state index in [0.29, 0.717) is 19.4 Å². The van der Waals surface area contributed by atoms with Gasteiger partial charge in [0.25, 0.3) is 0 Å². The lowest BCUT2D eigenvalue weighted by molar-refractivity contribution is -0.137. The topological polar surface area (TPSA) is 104 Å². The first kappa shape index (κ1) is 18.1. The molecule has 0 aromatic heterocycles. The molecule has 122 valence electrons. The fourth-order valence-corrected chi connectivity index (χ4v) is 2.89. The van der Waals surface area contributed by atoms with Crippen LogP contribution in [0.5, 0.6) is 0 Å². The molecule has 1 amide bonds. The molecule has 0 atom stereocenters. The second-order valence-corrected chi connectivity index (χ2v) is 6.82. The second-order valence-electron chi connectivity index (χ2n) is 4.77. The molecule has 0 heterocycles. The number of nitrogens with one attached hydrogen (secondary N) is 1. The third-order valence-electron chi connectivity index (χ3n) is 2.96. The summed E-state index contributed by atoms with van der Waals surface area (Å²) in [6.45, 7) is 0.0432. The van der Waals surface area contributed by atoms with Gasteiger partial charge in [0.1, 0.15) is 0 Å². The van der Waals surface area contributed by atoms with E-state index in [4.69, 9.17) is 5.11 Å². The predicted octanol–water partition coefficient (Wildman–Crippen LogP) is 0.678. The van der Waals surface area contributed by atoms with Crippen molar-refractivity contribution in [1.29, 1.82) is 0 Å². The van der Waals surface area contributed by atoms with Gasteiger partial charge >= 0.3 is 5.97 Å². The number of amides is 1. The van der Waals surface area contributed by atoms with Crippen LogP contribution in [0.2, 0.25) is 0 Å². The lowest BCUT2D eigenvalue weighted by atomic mass is 10.2. The standard InChI is InChI=1S/C14H20N2O5S/c1-16(22(20,21)12-7-3-2-4-8-12)11-13(17)15-10-6-5-9-14(18)19/h2-4,7-8H,5-6,9-11H2,1H3,(H,15,17)(H,18,19). The normalized spacial score (nSPS) is 11.4. The van der Waals surface area contributed by atoms with Gasteiger partial charge in [-0.1, -0.05) is 18.2 Å². The molecule has 8 heteroatoms. The number of unbranched alkanes of at least 4 members (excludes halogenated alkanes) is 1. The fraction of sp³-hybridized carbons (Fsp3) is 0.429. The molecule has 0 aliphatic rings. The zero-order valence-corrected chi connectivity index (χ0v) is 13.2. The van der Waals surface area contributed by atoms with E-state index in [1.54, 1.807) is 18.2 Å². The zero-order chi connectivity index (χ0) is 16.6. The van der Waals surface area contributed by atoms with Gasteiger partial charge in [0.05, 0.1) is 11.4 Å². The van der Waals surface area contributed by atoms with E-state index in [1.165, 1.54) is 19.2 Å². The molecule has 7 nitrogen and oxygen atoms in total. The van der Waals surface area contributed by atoms with Gasteiger partial charge in [-0.15, -0.1) is 0 Å². The van der Waals surface area contributed by atoms with Gasteiger partial charge in [0.15, 0.2) is 0 Å². The number of hydrogen-bond acceptors (Lipinski definition) is 4. The number of nitrogens with zero attached hydrogens (tertiary/aromatic N) is 1. The van der Waals surface area contributed by atoms with Crippen LogP contribution in [0.1, 0.15) is 19.3 Å². The first-order valence-corrected chi connectivity index (χ1v) is 8.28. The average Bonchev–Trinajstić information content (AvgIpc) is 2.47. The van der Waals surface area contributed by atoms with Gasteiger partial charge in [0.2, 0.25) is 15.9 Å². The van der Waals surface area contributed by atoms with Crippen LogP contribution in [0, 0.1) is 0 Å². The summed E-state index contributed by atoms with van der Waals surface area (Å²) in [7, 11) is -2.35. The van der Waals surface area contributed by atoms with E-state index in [9.17, 15) is 18.0 Å². The molecule has 0 saturated carbocycles. The Hall–Kier alpha value is -1.93. The van der Waals surface area contributed by atoms with E-state index in [0.717, 1.165) is 4.31 Å². The third kappa shape index (κ3) is 5.82. The van der Waals surface area contributed by atoms with E-state index in [1.807, 2.05) is 0 Å².